The summed E-state index contributed by atoms with van der Waals surface area (Å²) >= 11 is 1.58. The van der Waals surface area contributed by atoms with Gasteiger partial charge in [0.2, 0.25) is 0 Å². The number of rotatable bonds is 3. The van der Waals surface area contributed by atoms with Crippen LogP contribution < -0.4 is 0 Å². The summed E-state index contributed by atoms with van der Waals surface area (Å²) in [5.41, 5.74) is 2.87. The summed E-state index contributed by atoms with van der Waals surface area (Å²) in [5.74, 6) is 1.90. The third-order valence-corrected chi connectivity index (χ3v) is 5.49. The Balaban J connectivity index is 1.61. The average Bonchev–Trinajstić information content (AvgIpc) is 2.95. The fourth-order valence-corrected chi connectivity index (χ4v) is 4.22. The molecule has 2 nitrogen and oxygen atoms in total. The Bertz CT molecular complexity index is 517. The molecule has 102 valence electrons. The van der Waals surface area contributed by atoms with Crippen molar-refractivity contribution in [2.45, 2.75) is 33.2 Å². The molecule has 0 spiro atoms. The van der Waals surface area contributed by atoms with E-state index < -0.39 is 0 Å². The predicted octanol–water partition coefficient (Wildman–Crippen LogP) is 3.74. The fraction of sp³-hybridized carbons (Fsp3) is 0.562. The first-order valence-electron chi connectivity index (χ1n) is 7.08. The van der Waals surface area contributed by atoms with Gasteiger partial charge in [0, 0.05) is 19.6 Å². The smallest absolute Gasteiger partial charge is 0.169 e. The number of Topliss-reactive ketones (excluding diaryl/α,β-unsaturated/α-hetero) is 1. The molecule has 0 radical (unpaired) electrons. The Hall–Kier alpha value is -0.930. The van der Waals surface area contributed by atoms with Crippen LogP contribution in [0.1, 0.15) is 41.9 Å². The van der Waals surface area contributed by atoms with Crippen LogP contribution in [0.15, 0.2) is 23.1 Å². The van der Waals surface area contributed by atoms with Gasteiger partial charge >= 0.3 is 0 Å². The summed E-state index contributed by atoms with van der Waals surface area (Å²) in [7, 11) is 0. The standard InChI is InChI=1S/C16H21NOS/c1-11-3-4-14-8-17(9-15(14)5-11)7-13-6-16(12(2)18)19-10-13/h3,6,10,14-15H,4-5,7-9H2,1-2H3/t14-,15+/m0/s1. The molecule has 2 heterocycles. The lowest BCUT2D eigenvalue weighted by molar-refractivity contribution is 0.102. The third-order valence-electron chi connectivity index (χ3n) is 4.41. The molecular formula is C16H21NOS. The highest BCUT2D eigenvalue weighted by molar-refractivity contribution is 7.12. The number of likely N-dealkylation sites (tertiary alicyclic amines) is 1. The topological polar surface area (TPSA) is 20.3 Å². The molecule has 1 saturated heterocycles. The molecule has 1 aliphatic carbocycles. The molecule has 0 saturated carbocycles. The van der Waals surface area contributed by atoms with E-state index in [1.807, 2.05) is 0 Å². The first kappa shape index (κ1) is 13.1. The quantitative estimate of drug-likeness (QED) is 0.618. The van der Waals surface area contributed by atoms with Gasteiger partial charge in [-0.3, -0.25) is 9.69 Å². The number of carbonyl (C=O) groups is 1. The van der Waals surface area contributed by atoms with Crippen molar-refractivity contribution < 1.29 is 4.79 Å². The number of ketones is 1. The van der Waals surface area contributed by atoms with E-state index in [1.54, 1.807) is 23.8 Å². The molecule has 0 aromatic carbocycles. The number of nitrogens with zero attached hydrogens (tertiary/aromatic N) is 1. The zero-order valence-electron chi connectivity index (χ0n) is 11.7. The number of thiophene rings is 1. The molecule has 1 aromatic rings. The second kappa shape index (κ2) is 5.22. The zero-order valence-corrected chi connectivity index (χ0v) is 12.5. The Kier molecular flexibility index (Phi) is 3.59. The van der Waals surface area contributed by atoms with Crippen LogP contribution in [-0.4, -0.2) is 23.8 Å². The first-order valence-corrected chi connectivity index (χ1v) is 7.96. The second-order valence-corrected chi connectivity index (χ2v) is 6.99. The van der Waals surface area contributed by atoms with Crippen LogP contribution in [0.5, 0.6) is 0 Å². The molecule has 0 amide bonds. The zero-order chi connectivity index (χ0) is 13.4. The van der Waals surface area contributed by atoms with E-state index in [1.165, 1.54) is 31.5 Å². The lowest BCUT2D eigenvalue weighted by Crippen LogP contribution is -2.19. The molecule has 1 aromatic heterocycles. The Labute approximate surface area is 119 Å². The van der Waals surface area contributed by atoms with E-state index in [-0.39, 0.29) is 5.78 Å². The van der Waals surface area contributed by atoms with Crippen molar-refractivity contribution in [3.63, 3.8) is 0 Å². The predicted molar refractivity (Wildman–Crippen MR) is 79.6 cm³/mol. The van der Waals surface area contributed by atoms with Crippen molar-refractivity contribution in [2.24, 2.45) is 11.8 Å². The van der Waals surface area contributed by atoms with Crippen molar-refractivity contribution in [3.05, 3.63) is 33.5 Å². The van der Waals surface area contributed by atoms with Crippen LogP contribution >= 0.6 is 11.3 Å². The van der Waals surface area contributed by atoms with Gasteiger partial charge in [0.1, 0.15) is 0 Å². The second-order valence-electron chi connectivity index (χ2n) is 6.08. The molecule has 0 unspecified atom stereocenters. The third kappa shape index (κ3) is 2.82. The SMILES string of the molecule is CC(=O)c1cc(CN2C[C@H]3CC(C)=CC[C@H]3C2)cs1. The number of hydrogen-bond acceptors (Lipinski definition) is 3. The van der Waals surface area contributed by atoms with Crippen molar-refractivity contribution in [1.29, 1.82) is 0 Å². The minimum Gasteiger partial charge on any atom is -0.298 e. The van der Waals surface area contributed by atoms with Crippen LogP contribution in [0.2, 0.25) is 0 Å². The van der Waals surface area contributed by atoms with Crippen molar-refractivity contribution in [3.8, 4) is 0 Å². The van der Waals surface area contributed by atoms with E-state index in [0.29, 0.717) is 0 Å². The first-order chi connectivity index (χ1) is 9.11. The summed E-state index contributed by atoms with van der Waals surface area (Å²) in [5, 5.41) is 2.14. The highest BCUT2D eigenvalue weighted by Crippen LogP contribution is 2.36. The minimum absolute atomic E-state index is 0.186. The molecule has 1 aliphatic heterocycles. The largest absolute Gasteiger partial charge is 0.298 e. The van der Waals surface area contributed by atoms with E-state index >= 15 is 0 Å². The molecule has 3 rings (SSSR count). The fourth-order valence-electron chi connectivity index (χ4n) is 3.41. The number of allylic oxidation sites excluding steroid dienone is 2. The summed E-state index contributed by atoms with van der Waals surface area (Å²) in [6, 6.07) is 2.07. The highest BCUT2D eigenvalue weighted by atomic mass is 32.1. The van der Waals surface area contributed by atoms with Gasteiger partial charge in [0.05, 0.1) is 4.88 Å². The van der Waals surface area contributed by atoms with Crippen molar-refractivity contribution >= 4 is 17.1 Å². The molecule has 0 bridgehead atoms. The van der Waals surface area contributed by atoms with Gasteiger partial charge in [-0.1, -0.05) is 11.6 Å². The van der Waals surface area contributed by atoms with Gasteiger partial charge in [-0.15, -0.1) is 11.3 Å². The van der Waals surface area contributed by atoms with Crippen LogP contribution in [0.4, 0.5) is 0 Å². The van der Waals surface area contributed by atoms with Crippen LogP contribution in [0, 0.1) is 11.8 Å². The number of hydrogen-bond donors (Lipinski definition) is 0. The maximum atomic E-state index is 11.3. The maximum Gasteiger partial charge on any atom is 0.169 e. The highest BCUT2D eigenvalue weighted by Gasteiger charge is 2.33. The lowest BCUT2D eigenvalue weighted by Gasteiger charge is -2.22. The molecule has 2 aliphatic rings. The molecular weight excluding hydrogens is 254 g/mol. The van der Waals surface area contributed by atoms with Crippen LogP contribution in [0.25, 0.3) is 0 Å². The van der Waals surface area contributed by atoms with E-state index in [4.69, 9.17) is 0 Å². The van der Waals surface area contributed by atoms with E-state index in [2.05, 4.69) is 29.3 Å². The summed E-state index contributed by atoms with van der Waals surface area (Å²) in [6.07, 6.45) is 4.96. The lowest BCUT2D eigenvalue weighted by atomic mass is 9.83. The van der Waals surface area contributed by atoms with Crippen molar-refractivity contribution in [1.82, 2.24) is 4.90 Å². The normalized spacial score (nSPS) is 27.2. The van der Waals surface area contributed by atoms with Gasteiger partial charge in [-0.25, -0.2) is 0 Å². The van der Waals surface area contributed by atoms with Gasteiger partial charge in [0.15, 0.2) is 5.78 Å². The Morgan fingerprint density at radius 1 is 1.42 bits per heavy atom. The summed E-state index contributed by atoms with van der Waals surface area (Å²) in [6.45, 7) is 7.36. The van der Waals surface area contributed by atoms with Crippen LogP contribution in [-0.2, 0) is 6.54 Å². The summed E-state index contributed by atoms with van der Waals surface area (Å²) < 4.78 is 0. The van der Waals surface area contributed by atoms with Crippen LogP contribution in [0.3, 0.4) is 0 Å². The average molecular weight is 275 g/mol. The van der Waals surface area contributed by atoms with E-state index in [0.717, 1.165) is 23.3 Å². The minimum atomic E-state index is 0.186. The van der Waals surface area contributed by atoms with Gasteiger partial charge in [0.25, 0.3) is 0 Å². The molecule has 1 fully saturated rings. The monoisotopic (exact) mass is 275 g/mol. The van der Waals surface area contributed by atoms with E-state index in [9.17, 15) is 4.79 Å². The Morgan fingerprint density at radius 2 is 2.21 bits per heavy atom. The van der Waals surface area contributed by atoms with Gasteiger partial charge in [-0.05, 0) is 55.5 Å². The molecule has 3 heteroatoms. The Morgan fingerprint density at radius 3 is 2.95 bits per heavy atom. The van der Waals surface area contributed by atoms with Crippen molar-refractivity contribution in [2.75, 3.05) is 13.1 Å². The van der Waals surface area contributed by atoms with Gasteiger partial charge < -0.3 is 0 Å². The number of carbonyl (C=O) groups excluding carboxylic acids is 1. The molecule has 2 atom stereocenters. The molecule has 19 heavy (non-hydrogen) atoms. The maximum absolute atomic E-state index is 11.3. The summed E-state index contributed by atoms with van der Waals surface area (Å²) in [4.78, 5) is 14.8. The van der Waals surface area contributed by atoms with Gasteiger partial charge in [-0.2, -0.15) is 0 Å². The number of fused-ring (bicyclic) bond motifs is 1. The molecule has 0 N–H and O–H groups in total.